The molecule has 17 heavy (non-hydrogen) atoms. The highest BCUT2D eigenvalue weighted by Crippen LogP contribution is 2.39. The molecule has 0 aromatic rings. The number of amides is 2. The first-order valence-electron chi connectivity index (χ1n) is 6.82. The number of carbonyl (C=O) groups is 1. The zero-order chi connectivity index (χ0) is 12.5. The van der Waals surface area contributed by atoms with Gasteiger partial charge in [-0.05, 0) is 44.4 Å². The fourth-order valence-electron chi connectivity index (χ4n) is 2.58. The Morgan fingerprint density at radius 2 is 1.94 bits per heavy atom. The second kappa shape index (κ2) is 4.84. The van der Waals surface area contributed by atoms with E-state index >= 15 is 0 Å². The van der Waals surface area contributed by atoms with Crippen LogP contribution in [-0.4, -0.2) is 36.1 Å². The van der Waals surface area contributed by atoms with Crippen LogP contribution in [0, 0.1) is 11.8 Å². The summed E-state index contributed by atoms with van der Waals surface area (Å²) < 4.78 is 0. The summed E-state index contributed by atoms with van der Waals surface area (Å²) >= 11 is 0. The summed E-state index contributed by atoms with van der Waals surface area (Å²) in [6.07, 6.45) is 4.64. The number of piperidine rings is 1. The number of hydrogen-bond donors (Lipinski definition) is 2. The van der Waals surface area contributed by atoms with Gasteiger partial charge in [0, 0.05) is 19.6 Å². The van der Waals surface area contributed by atoms with Gasteiger partial charge in [0.1, 0.15) is 0 Å². The molecule has 3 N–H and O–H groups in total. The Balaban J connectivity index is 1.87. The number of rotatable bonds is 3. The van der Waals surface area contributed by atoms with Crippen molar-refractivity contribution in [3.63, 3.8) is 0 Å². The van der Waals surface area contributed by atoms with Crippen LogP contribution in [0.4, 0.5) is 4.79 Å². The quantitative estimate of drug-likeness (QED) is 0.785. The van der Waals surface area contributed by atoms with E-state index in [1.807, 2.05) is 4.90 Å². The molecule has 1 atom stereocenters. The van der Waals surface area contributed by atoms with Gasteiger partial charge in [0.15, 0.2) is 0 Å². The molecule has 0 aromatic carbocycles. The number of carbonyl (C=O) groups excluding carboxylic acids is 1. The van der Waals surface area contributed by atoms with Gasteiger partial charge >= 0.3 is 6.03 Å². The van der Waals surface area contributed by atoms with Gasteiger partial charge in [-0.15, -0.1) is 0 Å². The summed E-state index contributed by atoms with van der Waals surface area (Å²) in [6.45, 7) is 6.64. The smallest absolute Gasteiger partial charge is 0.317 e. The Morgan fingerprint density at radius 3 is 2.41 bits per heavy atom. The molecular formula is C13H25N3O. The molecule has 1 saturated heterocycles. The number of hydrogen-bond acceptors (Lipinski definition) is 2. The van der Waals surface area contributed by atoms with Crippen LogP contribution in [0.1, 0.15) is 39.5 Å². The largest absolute Gasteiger partial charge is 0.331 e. The van der Waals surface area contributed by atoms with E-state index in [0.29, 0.717) is 12.5 Å². The Morgan fingerprint density at radius 1 is 1.35 bits per heavy atom. The molecule has 0 aromatic heterocycles. The normalized spacial score (nSPS) is 25.5. The average Bonchev–Trinajstić information content (AvgIpc) is 3.13. The third-order valence-corrected chi connectivity index (χ3v) is 4.37. The average molecular weight is 239 g/mol. The van der Waals surface area contributed by atoms with E-state index in [1.54, 1.807) is 0 Å². The minimum Gasteiger partial charge on any atom is -0.331 e. The molecule has 4 heteroatoms. The van der Waals surface area contributed by atoms with Crippen molar-refractivity contribution in [1.29, 1.82) is 0 Å². The van der Waals surface area contributed by atoms with E-state index in [1.165, 1.54) is 12.8 Å². The van der Waals surface area contributed by atoms with Crippen LogP contribution >= 0.6 is 0 Å². The predicted octanol–water partition coefficient (Wildman–Crippen LogP) is 1.56. The lowest BCUT2D eigenvalue weighted by Gasteiger charge is -2.36. The summed E-state index contributed by atoms with van der Waals surface area (Å²) in [6, 6.07) is 0.0803. The van der Waals surface area contributed by atoms with E-state index in [-0.39, 0.29) is 11.6 Å². The van der Waals surface area contributed by atoms with Gasteiger partial charge in [0.2, 0.25) is 0 Å². The topological polar surface area (TPSA) is 58.4 Å². The Labute approximate surface area is 104 Å². The Bertz CT molecular complexity index is 282. The molecule has 2 amide bonds. The summed E-state index contributed by atoms with van der Waals surface area (Å²) in [5, 5.41) is 3.15. The van der Waals surface area contributed by atoms with Crippen molar-refractivity contribution in [2.45, 2.75) is 45.1 Å². The second-order valence-corrected chi connectivity index (χ2v) is 6.00. The fraction of sp³-hybridized carbons (Fsp3) is 0.923. The summed E-state index contributed by atoms with van der Waals surface area (Å²) in [5.74, 6) is 1.34. The Hall–Kier alpha value is -0.770. The maximum atomic E-state index is 12.2. The molecule has 0 spiro atoms. The first-order chi connectivity index (χ1) is 8.05. The van der Waals surface area contributed by atoms with Gasteiger partial charge in [-0.1, -0.05) is 6.92 Å². The molecule has 1 aliphatic heterocycles. The van der Waals surface area contributed by atoms with Crippen LogP contribution in [0.15, 0.2) is 0 Å². The fourth-order valence-corrected chi connectivity index (χ4v) is 2.58. The molecule has 1 unspecified atom stereocenters. The maximum Gasteiger partial charge on any atom is 0.317 e. The van der Waals surface area contributed by atoms with Crippen LogP contribution in [0.3, 0.4) is 0 Å². The van der Waals surface area contributed by atoms with Crippen molar-refractivity contribution < 1.29 is 4.79 Å². The SMILES string of the molecule is CC1CCN(C(=O)NC(C)(CN)C2CC2)CC1. The third kappa shape index (κ3) is 2.92. The lowest BCUT2D eigenvalue weighted by atomic mass is 9.96. The van der Waals surface area contributed by atoms with Crippen LogP contribution in [0.25, 0.3) is 0 Å². The van der Waals surface area contributed by atoms with E-state index in [0.717, 1.165) is 31.8 Å². The molecule has 1 saturated carbocycles. The van der Waals surface area contributed by atoms with Crippen molar-refractivity contribution in [2.24, 2.45) is 17.6 Å². The van der Waals surface area contributed by atoms with Gasteiger partial charge in [-0.3, -0.25) is 0 Å². The monoisotopic (exact) mass is 239 g/mol. The number of nitrogens with one attached hydrogen (secondary N) is 1. The zero-order valence-corrected chi connectivity index (χ0v) is 11.0. The van der Waals surface area contributed by atoms with Gasteiger partial charge < -0.3 is 16.0 Å². The van der Waals surface area contributed by atoms with Crippen molar-refractivity contribution in [3.8, 4) is 0 Å². The molecule has 0 bridgehead atoms. The van der Waals surface area contributed by atoms with Gasteiger partial charge in [-0.2, -0.15) is 0 Å². The van der Waals surface area contributed by atoms with Crippen molar-refractivity contribution >= 4 is 6.03 Å². The standard InChI is InChI=1S/C13H25N3O/c1-10-5-7-16(8-6-10)12(17)15-13(2,9-14)11-3-4-11/h10-11H,3-9,14H2,1-2H3,(H,15,17). The highest BCUT2D eigenvalue weighted by Gasteiger charge is 2.42. The highest BCUT2D eigenvalue weighted by atomic mass is 16.2. The summed E-state index contributed by atoms with van der Waals surface area (Å²) in [5.41, 5.74) is 5.62. The predicted molar refractivity (Wildman–Crippen MR) is 68.7 cm³/mol. The van der Waals surface area contributed by atoms with E-state index in [2.05, 4.69) is 19.2 Å². The minimum atomic E-state index is -0.194. The van der Waals surface area contributed by atoms with Crippen molar-refractivity contribution in [1.82, 2.24) is 10.2 Å². The highest BCUT2D eigenvalue weighted by molar-refractivity contribution is 5.75. The molecule has 98 valence electrons. The number of urea groups is 1. The summed E-state index contributed by atoms with van der Waals surface area (Å²) in [4.78, 5) is 14.1. The second-order valence-electron chi connectivity index (χ2n) is 6.00. The molecule has 1 aliphatic carbocycles. The maximum absolute atomic E-state index is 12.2. The number of likely N-dealkylation sites (tertiary alicyclic amines) is 1. The molecule has 4 nitrogen and oxygen atoms in total. The van der Waals surface area contributed by atoms with Gasteiger partial charge in [0.25, 0.3) is 0 Å². The molecule has 0 radical (unpaired) electrons. The van der Waals surface area contributed by atoms with Crippen LogP contribution in [-0.2, 0) is 0 Å². The van der Waals surface area contributed by atoms with Crippen molar-refractivity contribution in [2.75, 3.05) is 19.6 Å². The zero-order valence-electron chi connectivity index (χ0n) is 11.0. The third-order valence-electron chi connectivity index (χ3n) is 4.37. The lowest BCUT2D eigenvalue weighted by Crippen LogP contribution is -2.57. The molecular weight excluding hydrogens is 214 g/mol. The molecule has 2 fully saturated rings. The van der Waals surface area contributed by atoms with E-state index in [9.17, 15) is 4.79 Å². The number of nitrogens with two attached hydrogens (primary N) is 1. The molecule has 1 heterocycles. The van der Waals surface area contributed by atoms with Crippen LogP contribution < -0.4 is 11.1 Å². The minimum absolute atomic E-state index is 0.0803. The van der Waals surface area contributed by atoms with Crippen LogP contribution in [0.5, 0.6) is 0 Å². The van der Waals surface area contributed by atoms with E-state index < -0.39 is 0 Å². The number of nitrogens with zero attached hydrogens (tertiary/aromatic N) is 1. The van der Waals surface area contributed by atoms with Crippen LogP contribution in [0.2, 0.25) is 0 Å². The van der Waals surface area contributed by atoms with Gasteiger partial charge in [0.05, 0.1) is 5.54 Å². The first-order valence-corrected chi connectivity index (χ1v) is 6.82. The van der Waals surface area contributed by atoms with E-state index in [4.69, 9.17) is 5.73 Å². The summed E-state index contributed by atoms with van der Waals surface area (Å²) in [7, 11) is 0. The lowest BCUT2D eigenvalue weighted by molar-refractivity contribution is 0.160. The van der Waals surface area contributed by atoms with Crippen molar-refractivity contribution in [3.05, 3.63) is 0 Å². The van der Waals surface area contributed by atoms with Gasteiger partial charge in [-0.25, -0.2) is 4.79 Å². The molecule has 2 rings (SSSR count). The Kier molecular flexibility index (Phi) is 3.61. The first kappa shape index (κ1) is 12.7. The molecule has 2 aliphatic rings.